The van der Waals surface area contributed by atoms with E-state index in [2.05, 4.69) is 0 Å². The summed E-state index contributed by atoms with van der Waals surface area (Å²) in [6, 6.07) is 7.85. The number of hydrogen-bond acceptors (Lipinski definition) is 4. The van der Waals surface area contributed by atoms with E-state index in [1.807, 2.05) is 6.07 Å². The minimum Gasteiger partial charge on any atom is -0.444 e. The first-order valence-corrected chi connectivity index (χ1v) is 6.20. The second-order valence-electron chi connectivity index (χ2n) is 5.37. The molecule has 1 atom stereocenters. The van der Waals surface area contributed by atoms with Crippen molar-refractivity contribution in [3.63, 3.8) is 0 Å². The van der Waals surface area contributed by atoms with Crippen molar-refractivity contribution in [2.24, 2.45) is 0 Å². The van der Waals surface area contributed by atoms with Crippen LogP contribution in [0.4, 0.5) is 4.79 Å². The molecule has 0 aromatic heterocycles. The number of ether oxygens (including phenoxy) is 1. The van der Waals surface area contributed by atoms with Crippen molar-refractivity contribution in [1.29, 1.82) is 5.26 Å². The van der Waals surface area contributed by atoms with Gasteiger partial charge in [0, 0.05) is 7.05 Å². The van der Waals surface area contributed by atoms with E-state index >= 15 is 0 Å². The Labute approximate surface area is 118 Å². The van der Waals surface area contributed by atoms with E-state index in [4.69, 9.17) is 10.00 Å². The lowest BCUT2D eigenvalue weighted by molar-refractivity contribution is -0.112. The molecule has 0 bridgehead atoms. The summed E-state index contributed by atoms with van der Waals surface area (Å²) in [6.45, 7) is 5.24. The van der Waals surface area contributed by atoms with Crippen LogP contribution in [-0.2, 0) is 9.53 Å². The molecule has 0 radical (unpaired) electrons. The van der Waals surface area contributed by atoms with Crippen molar-refractivity contribution in [2.75, 3.05) is 7.05 Å². The van der Waals surface area contributed by atoms with Crippen LogP contribution < -0.4 is 0 Å². The Morgan fingerprint density at radius 3 is 2.50 bits per heavy atom. The molecule has 0 aliphatic rings. The van der Waals surface area contributed by atoms with Crippen LogP contribution in [0.2, 0.25) is 0 Å². The molecule has 106 valence electrons. The summed E-state index contributed by atoms with van der Waals surface area (Å²) in [5.41, 5.74) is 0.200. The highest BCUT2D eigenvalue weighted by Gasteiger charge is 2.27. The maximum Gasteiger partial charge on any atom is 0.410 e. The van der Waals surface area contributed by atoms with Crippen LogP contribution in [0.1, 0.15) is 37.9 Å². The number of rotatable bonds is 3. The Bertz CT molecular complexity index is 541. The van der Waals surface area contributed by atoms with Gasteiger partial charge in [-0.2, -0.15) is 5.26 Å². The number of benzene rings is 1. The summed E-state index contributed by atoms with van der Waals surface area (Å²) in [7, 11) is 1.47. The van der Waals surface area contributed by atoms with E-state index in [1.165, 1.54) is 11.9 Å². The average molecular weight is 274 g/mol. The number of nitriles is 1. The first kappa shape index (κ1) is 15.7. The lowest BCUT2D eigenvalue weighted by Gasteiger charge is -2.28. The van der Waals surface area contributed by atoms with Gasteiger partial charge < -0.3 is 9.53 Å². The van der Waals surface area contributed by atoms with Gasteiger partial charge in [-0.1, -0.05) is 18.2 Å². The molecule has 0 aliphatic heterocycles. The van der Waals surface area contributed by atoms with Crippen molar-refractivity contribution in [3.05, 3.63) is 35.4 Å². The first-order chi connectivity index (χ1) is 9.30. The molecule has 0 heterocycles. The van der Waals surface area contributed by atoms with Crippen molar-refractivity contribution >= 4 is 12.4 Å². The zero-order valence-corrected chi connectivity index (χ0v) is 12.1. The molecule has 0 aliphatic carbocycles. The summed E-state index contributed by atoms with van der Waals surface area (Å²) in [6.07, 6.45) is 0.0162. The van der Waals surface area contributed by atoms with Gasteiger partial charge in [0.25, 0.3) is 0 Å². The first-order valence-electron chi connectivity index (χ1n) is 6.20. The highest BCUT2D eigenvalue weighted by Crippen LogP contribution is 2.22. The summed E-state index contributed by atoms with van der Waals surface area (Å²) in [5.74, 6) is 0. The molecule has 0 fully saturated rings. The van der Waals surface area contributed by atoms with E-state index in [-0.39, 0.29) is 0 Å². The molecule has 0 N–H and O–H groups in total. The van der Waals surface area contributed by atoms with Gasteiger partial charge in [0.15, 0.2) is 0 Å². The van der Waals surface area contributed by atoms with Crippen LogP contribution in [0.3, 0.4) is 0 Å². The van der Waals surface area contributed by atoms with Gasteiger partial charge in [0.2, 0.25) is 0 Å². The van der Waals surface area contributed by atoms with Gasteiger partial charge in [-0.15, -0.1) is 0 Å². The third kappa shape index (κ3) is 3.82. The van der Waals surface area contributed by atoms with E-state index in [9.17, 15) is 9.59 Å². The maximum atomic E-state index is 12.0. The molecule has 1 rings (SSSR count). The molecule has 5 heteroatoms. The van der Waals surface area contributed by atoms with E-state index < -0.39 is 17.7 Å². The maximum absolute atomic E-state index is 12.0. The molecule has 20 heavy (non-hydrogen) atoms. The Hall–Kier alpha value is -2.35. The summed E-state index contributed by atoms with van der Waals surface area (Å²) >= 11 is 0. The largest absolute Gasteiger partial charge is 0.444 e. The quantitative estimate of drug-likeness (QED) is 0.794. The number of amides is 1. The van der Waals surface area contributed by atoms with Crippen molar-refractivity contribution in [2.45, 2.75) is 32.4 Å². The van der Waals surface area contributed by atoms with Gasteiger partial charge in [0.1, 0.15) is 17.9 Å². The predicted octanol–water partition coefficient (Wildman–Crippen LogP) is 2.67. The molecule has 0 saturated carbocycles. The number of aldehydes is 1. The average Bonchev–Trinajstić information content (AvgIpc) is 2.38. The monoisotopic (exact) mass is 274 g/mol. The van der Waals surface area contributed by atoms with Crippen molar-refractivity contribution in [1.82, 2.24) is 4.90 Å². The second-order valence-corrected chi connectivity index (χ2v) is 5.37. The topological polar surface area (TPSA) is 70.4 Å². The van der Waals surface area contributed by atoms with Crippen LogP contribution in [-0.4, -0.2) is 29.9 Å². The van der Waals surface area contributed by atoms with Crippen LogP contribution >= 0.6 is 0 Å². The Morgan fingerprint density at radius 2 is 2.00 bits per heavy atom. The Morgan fingerprint density at radius 1 is 1.40 bits per heavy atom. The van der Waals surface area contributed by atoms with Crippen LogP contribution in [0, 0.1) is 11.3 Å². The van der Waals surface area contributed by atoms with Crippen LogP contribution in [0.5, 0.6) is 0 Å². The summed E-state index contributed by atoms with van der Waals surface area (Å²) in [5, 5.41) is 9.07. The van der Waals surface area contributed by atoms with Gasteiger partial charge in [-0.25, -0.2) is 4.79 Å². The molecule has 1 aromatic carbocycles. The molecule has 1 amide bonds. The second kappa shape index (κ2) is 6.20. The van der Waals surface area contributed by atoms with Crippen molar-refractivity contribution < 1.29 is 14.3 Å². The standard InChI is InChI=1S/C15H18N2O3/c1-15(2,3)20-14(19)17(4)13(10-18)12-8-6-5-7-11(12)9-16/h5-8,10,13H,1-4H3. The molecule has 1 aromatic rings. The van der Waals surface area contributed by atoms with Gasteiger partial charge in [0.05, 0.1) is 11.6 Å². The summed E-state index contributed by atoms with van der Waals surface area (Å²) in [4.78, 5) is 24.5. The minimum absolute atomic E-state index is 0.361. The molecule has 0 spiro atoms. The number of nitrogens with zero attached hydrogens (tertiary/aromatic N) is 2. The zero-order valence-electron chi connectivity index (χ0n) is 12.1. The lowest BCUT2D eigenvalue weighted by atomic mass is 10.0. The van der Waals surface area contributed by atoms with E-state index in [0.717, 1.165) is 0 Å². The highest BCUT2D eigenvalue weighted by atomic mass is 16.6. The van der Waals surface area contributed by atoms with Crippen molar-refractivity contribution in [3.8, 4) is 6.07 Å². The van der Waals surface area contributed by atoms with Gasteiger partial charge in [-0.05, 0) is 32.4 Å². The highest BCUT2D eigenvalue weighted by molar-refractivity contribution is 5.75. The van der Waals surface area contributed by atoms with E-state index in [1.54, 1.807) is 45.0 Å². The summed E-state index contributed by atoms with van der Waals surface area (Å²) < 4.78 is 5.22. The molecular formula is C15H18N2O3. The zero-order chi connectivity index (χ0) is 15.3. The fraction of sp³-hybridized carbons (Fsp3) is 0.400. The van der Waals surface area contributed by atoms with Crippen LogP contribution in [0.25, 0.3) is 0 Å². The predicted molar refractivity (Wildman–Crippen MR) is 74.0 cm³/mol. The number of carbonyl (C=O) groups is 2. The lowest BCUT2D eigenvalue weighted by Crippen LogP contribution is -2.37. The van der Waals surface area contributed by atoms with Crippen LogP contribution in [0.15, 0.2) is 24.3 Å². The number of likely N-dealkylation sites (N-methyl/N-ethyl adjacent to an activating group) is 1. The Balaban J connectivity index is 3.05. The molecule has 1 unspecified atom stereocenters. The Kier molecular flexibility index (Phi) is 4.87. The SMILES string of the molecule is CN(C(=O)OC(C)(C)C)C(C=O)c1ccccc1C#N. The fourth-order valence-electron chi connectivity index (χ4n) is 1.68. The third-order valence-electron chi connectivity index (χ3n) is 2.63. The fourth-order valence-corrected chi connectivity index (χ4v) is 1.68. The number of hydrogen-bond donors (Lipinski definition) is 0. The third-order valence-corrected chi connectivity index (χ3v) is 2.63. The van der Waals surface area contributed by atoms with Gasteiger partial charge in [-0.3, -0.25) is 4.90 Å². The molecule has 5 nitrogen and oxygen atoms in total. The van der Waals surface area contributed by atoms with Gasteiger partial charge >= 0.3 is 6.09 Å². The smallest absolute Gasteiger partial charge is 0.410 e. The number of carbonyl (C=O) groups excluding carboxylic acids is 2. The minimum atomic E-state index is -0.847. The molecular weight excluding hydrogens is 256 g/mol. The molecule has 0 saturated heterocycles. The van der Waals surface area contributed by atoms with E-state index in [0.29, 0.717) is 17.4 Å². The normalized spacial score (nSPS) is 12.2.